The minimum absolute atomic E-state index is 0.611. The Bertz CT molecular complexity index is 837. The van der Waals surface area contributed by atoms with Gasteiger partial charge in [0.1, 0.15) is 6.54 Å². The van der Waals surface area contributed by atoms with E-state index in [4.69, 9.17) is 12.2 Å². The van der Waals surface area contributed by atoms with Gasteiger partial charge in [-0.25, -0.2) is 0 Å². The van der Waals surface area contributed by atoms with E-state index in [1.54, 1.807) is 9.36 Å². The molecule has 0 saturated carbocycles. The van der Waals surface area contributed by atoms with E-state index in [-0.39, 0.29) is 0 Å². The summed E-state index contributed by atoms with van der Waals surface area (Å²) in [6, 6.07) is 18.3. The lowest BCUT2D eigenvalue weighted by molar-refractivity contribution is -0.917. The SMILES string of the molecule is Cc1ccccc1C[NH+](C)Cn1nnn(-c2ccccc2)c1=S. The Morgan fingerprint density at radius 3 is 2.43 bits per heavy atom. The second-order valence-electron chi connectivity index (χ2n) is 5.73. The Kier molecular flexibility index (Phi) is 4.64. The summed E-state index contributed by atoms with van der Waals surface area (Å²) in [7, 11) is 2.13. The molecular weight excluding hydrogens is 306 g/mol. The molecule has 118 valence electrons. The summed E-state index contributed by atoms with van der Waals surface area (Å²) < 4.78 is 4.08. The number of nitrogens with zero attached hydrogens (tertiary/aromatic N) is 4. The van der Waals surface area contributed by atoms with Crippen LogP contribution in [-0.2, 0) is 13.2 Å². The lowest BCUT2D eigenvalue weighted by Crippen LogP contribution is -3.07. The first-order valence-corrected chi connectivity index (χ1v) is 8.00. The van der Waals surface area contributed by atoms with Crippen molar-refractivity contribution in [1.82, 2.24) is 19.8 Å². The van der Waals surface area contributed by atoms with Crippen molar-refractivity contribution in [2.45, 2.75) is 20.1 Å². The molecule has 0 saturated heterocycles. The van der Waals surface area contributed by atoms with Crippen LogP contribution in [0, 0.1) is 11.7 Å². The van der Waals surface area contributed by atoms with Crippen LogP contribution in [-0.4, -0.2) is 26.8 Å². The second-order valence-corrected chi connectivity index (χ2v) is 6.09. The van der Waals surface area contributed by atoms with Crippen LogP contribution in [0.25, 0.3) is 5.69 Å². The molecule has 1 unspecified atom stereocenters. The smallest absolute Gasteiger partial charge is 0.225 e. The zero-order valence-corrected chi connectivity index (χ0v) is 14.1. The van der Waals surface area contributed by atoms with Gasteiger partial charge in [0.15, 0.2) is 6.67 Å². The first-order chi connectivity index (χ1) is 11.1. The number of aromatic nitrogens is 4. The maximum Gasteiger partial charge on any atom is 0.225 e. The van der Waals surface area contributed by atoms with Gasteiger partial charge in [0.25, 0.3) is 0 Å². The molecule has 0 radical (unpaired) electrons. The van der Waals surface area contributed by atoms with Crippen molar-refractivity contribution in [1.29, 1.82) is 0 Å². The number of hydrogen-bond acceptors (Lipinski definition) is 3. The molecular formula is C17H20N5S+. The van der Waals surface area contributed by atoms with Gasteiger partial charge < -0.3 is 4.90 Å². The van der Waals surface area contributed by atoms with E-state index < -0.39 is 0 Å². The van der Waals surface area contributed by atoms with E-state index >= 15 is 0 Å². The zero-order valence-electron chi connectivity index (χ0n) is 13.3. The number of hydrogen-bond donors (Lipinski definition) is 1. The Hall–Kier alpha value is -2.31. The van der Waals surface area contributed by atoms with Crippen LogP contribution in [0.4, 0.5) is 0 Å². The summed E-state index contributed by atoms with van der Waals surface area (Å²) in [5, 5.41) is 8.38. The molecule has 1 heterocycles. The molecule has 0 aliphatic rings. The Labute approximate surface area is 140 Å². The first-order valence-electron chi connectivity index (χ1n) is 7.59. The highest BCUT2D eigenvalue weighted by atomic mass is 32.1. The standard InChI is InChI=1S/C17H19N5S/c1-14-8-6-7-9-15(14)12-20(2)13-21-17(23)22(19-18-21)16-10-4-3-5-11-16/h3-11H,12-13H2,1-2H3/p+1. The predicted octanol–water partition coefficient (Wildman–Crippen LogP) is 1.78. The molecule has 0 aliphatic carbocycles. The molecule has 0 amide bonds. The summed E-state index contributed by atoms with van der Waals surface area (Å²) in [6.07, 6.45) is 0. The van der Waals surface area contributed by atoms with Crippen LogP contribution in [0.3, 0.4) is 0 Å². The van der Waals surface area contributed by atoms with Gasteiger partial charge in [-0.15, -0.1) is 0 Å². The van der Waals surface area contributed by atoms with Crippen LogP contribution in [0.2, 0.25) is 0 Å². The van der Waals surface area contributed by atoms with Gasteiger partial charge in [0, 0.05) is 5.56 Å². The highest BCUT2D eigenvalue weighted by Crippen LogP contribution is 2.06. The molecule has 5 nitrogen and oxygen atoms in total. The fourth-order valence-corrected chi connectivity index (χ4v) is 2.79. The lowest BCUT2D eigenvalue weighted by atomic mass is 10.1. The fraction of sp³-hybridized carbons (Fsp3) is 0.235. The number of rotatable bonds is 5. The fourth-order valence-electron chi connectivity index (χ4n) is 2.55. The summed E-state index contributed by atoms with van der Waals surface area (Å²) in [5.74, 6) is 0. The third kappa shape index (κ3) is 3.55. The van der Waals surface area contributed by atoms with Gasteiger partial charge in [0.2, 0.25) is 4.77 Å². The van der Waals surface area contributed by atoms with Gasteiger partial charge >= 0.3 is 0 Å². The van der Waals surface area contributed by atoms with Crippen LogP contribution < -0.4 is 4.90 Å². The van der Waals surface area contributed by atoms with E-state index in [1.807, 2.05) is 30.3 Å². The average Bonchev–Trinajstić information content (AvgIpc) is 2.91. The van der Waals surface area contributed by atoms with Crippen molar-refractivity contribution in [3.63, 3.8) is 0 Å². The summed E-state index contributed by atoms with van der Waals surface area (Å²) in [6.45, 7) is 3.74. The summed E-state index contributed by atoms with van der Waals surface area (Å²) >= 11 is 5.50. The number of benzene rings is 2. The third-order valence-electron chi connectivity index (χ3n) is 3.81. The van der Waals surface area contributed by atoms with E-state index in [2.05, 4.69) is 48.7 Å². The van der Waals surface area contributed by atoms with E-state index in [0.29, 0.717) is 11.4 Å². The van der Waals surface area contributed by atoms with Crippen molar-refractivity contribution in [3.8, 4) is 5.69 Å². The quantitative estimate of drug-likeness (QED) is 0.727. The van der Waals surface area contributed by atoms with Crippen molar-refractivity contribution >= 4 is 12.2 Å². The van der Waals surface area contributed by atoms with Crippen LogP contribution >= 0.6 is 12.2 Å². The number of quaternary nitrogens is 1. The average molecular weight is 326 g/mol. The van der Waals surface area contributed by atoms with Crippen molar-refractivity contribution < 1.29 is 4.90 Å². The Balaban J connectivity index is 1.75. The van der Waals surface area contributed by atoms with Gasteiger partial charge in [-0.1, -0.05) is 42.5 Å². The number of tetrazole rings is 1. The highest BCUT2D eigenvalue weighted by molar-refractivity contribution is 7.71. The Morgan fingerprint density at radius 1 is 1.00 bits per heavy atom. The predicted molar refractivity (Wildman–Crippen MR) is 92.0 cm³/mol. The van der Waals surface area contributed by atoms with Gasteiger partial charge in [-0.2, -0.15) is 9.36 Å². The van der Waals surface area contributed by atoms with Gasteiger partial charge in [-0.3, -0.25) is 0 Å². The molecule has 3 rings (SSSR count). The molecule has 6 heteroatoms. The summed E-state index contributed by atoms with van der Waals surface area (Å²) in [4.78, 5) is 1.30. The van der Waals surface area contributed by atoms with Crippen LogP contribution in [0.1, 0.15) is 11.1 Å². The van der Waals surface area contributed by atoms with Crippen LogP contribution in [0.5, 0.6) is 0 Å². The van der Waals surface area contributed by atoms with Gasteiger partial charge in [-0.05, 0) is 47.3 Å². The maximum atomic E-state index is 5.50. The molecule has 0 spiro atoms. The molecule has 0 aliphatic heterocycles. The lowest BCUT2D eigenvalue weighted by Gasteiger charge is -2.14. The molecule has 1 N–H and O–H groups in total. The topological polar surface area (TPSA) is 40.1 Å². The van der Waals surface area contributed by atoms with E-state index in [9.17, 15) is 0 Å². The van der Waals surface area contributed by atoms with Crippen LogP contribution in [0.15, 0.2) is 54.6 Å². The maximum absolute atomic E-state index is 5.50. The van der Waals surface area contributed by atoms with Gasteiger partial charge in [0.05, 0.1) is 12.7 Å². The molecule has 3 aromatic rings. The monoisotopic (exact) mass is 326 g/mol. The molecule has 0 fully saturated rings. The minimum atomic E-state index is 0.611. The Morgan fingerprint density at radius 2 is 1.70 bits per heavy atom. The number of aryl methyl sites for hydroxylation is 1. The number of para-hydroxylation sites is 1. The summed E-state index contributed by atoms with van der Waals surface area (Å²) in [5.41, 5.74) is 3.58. The third-order valence-corrected chi connectivity index (χ3v) is 4.20. The first kappa shape index (κ1) is 15.6. The zero-order chi connectivity index (χ0) is 16.2. The molecule has 0 bridgehead atoms. The molecule has 1 aromatic heterocycles. The minimum Gasteiger partial charge on any atom is -0.315 e. The highest BCUT2D eigenvalue weighted by Gasteiger charge is 2.11. The number of nitrogens with one attached hydrogen (secondary N) is 1. The molecule has 1 atom stereocenters. The van der Waals surface area contributed by atoms with Crippen molar-refractivity contribution in [2.75, 3.05) is 7.05 Å². The van der Waals surface area contributed by atoms with E-state index in [1.165, 1.54) is 16.0 Å². The van der Waals surface area contributed by atoms with E-state index in [0.717, 1.165) is 12.2 Å². The molecule has 23 heavy (non-hydrogen) atoms. The second kappa shape index (κ2) is 6.85. The largest absolute Gasteiger partial charge is 0.315 e. The van der Waals surface area contributed by atoms with Crippen molar-refractivity contribution in [2.24, 2.45) is 0 Å². The van der Waals surface area contributed by atoms with Crippen molar-refractivity contribution in [3.05, 3.63) is 70.5 Å². The normalized spacial score (nSPS) is 12.3. The molecule has 2 aromatic carbocycles.